The van der Waals surface area contributed by atoms with Crippen molar-refractivity contribution in [3.63, 3.8) is 0 Å². The van der Waals surface area contributed by atoms with Crippen molar-refractivity contribution in [2.75, 3.05) is 13.2 Å². The summed E-state index contributed by atoms with van der Waals surface area (Å²) in [5.41, 5.74) is 0. The number of hydrogen-bond acceptors (Lipinski definition) is 6. The van der Waals surface area contributed by atoms with Gasteiger partial charge < -0.3 is 14.2 Å². The summed E-state index contributed by atoms with van der Waals surface area (Å²) >= 11 is 0. The molecule has 0 saturated heterocycles. The number of carbonyl (C=O) groups excluding carboxylic acids is 3. The normalized spacial score (nSPS) is 12.6. The molecule has 0 aromatic heterocycles. The van der Waals surface area contributed by atoms with Crippen LogP contribution in [0.2, 0.25) is 0 Å². The summed E-state index contributed by atoms with van der Waals surface area (Å²) in [7, 11) is 0. The van der Waals surface area contributed by atoms with Crippen LogP contribution in [0.4, 0.5) is 0 Å². The van der Waals surface area contributed by atoms with Crippen molar-refractivity contribution in [1.29, 1.82) is 0 Å². The Hall–Kier alpha value is -3.41. The monoisotopic (exact) mass is 1040 g/mol. The standard InChI is InChI=1S/C69H120O6/c1-4-7-10-13-16-19-22-25-28-30-32-33-34-35-36-37-38-40-41-44-47-50-53-56-59-62-68(71)74-65-66(64-73-67(70)61-58-55-52-49-46-43-27-24-21-18-15-12-9-6-3)75-69(72)63-60-57-54-51-48-45-42-39-31-29-26-23-20-17-14-11-8-5-2/h7,10,16,19,25,28,32-33,35-36,38,40,44,47,66H,4-6,8-9,11-15,17-18,20-24,26-27,29-31,34,37,39,41-43,45-46,48-65H2,1-3H3/b10-7-,19-16-,28-25-,33-32-,36-35-,40-38-,47-44-. The molecule has 75 heavy (non-hydrogen) atoms. The van der Waals surface area contributed by atoms with E-state index in [-0.39, 0.29) is 31.1 Å². The Labute approximate surface area is 465 Å². The molecule has 0 aromatic carbocycles. The van der Waals surface area contributed by atoms with E-state index in [1.165, 1.54) is 167 Å². The molecule has 0 saturated carbocycles. The van der Waals surface area contributed by atoms with Gasteiger partial charge >= 0.3 is 17.9 Å². The number of ether oxygens (including phenoxy) is 3. The molecule has 1 unspecified atom stereocenters. The van der Waals surface area contributed by atoms with E-state index in [0.717, 1.165) is 109 Å². The molecule has 432 valence electrons. The predicted molar refractivity (Wildman–Crippen MR) is 325 cm³/mol. The van der Waals surface area contributed by atoms with Gasteiger partial charge in [-0.3, -0.25) is 14.4 Å². The van der Waals surface area contributed by atoms with Crippen molar-refractivity contribution in [1.82, 2.24) is 0 Å². The zero-order valence-corrected chi connectivity index (χ0v) is 49.6. The lowest BCUT2D eigenvalue weighted by Gasteiger charge is -2.18. The highest BCUT2D eigenvalue weighted by Gasteiger charge is 2.19. The first kappa shape index (κ1) is 71.6. The van der Waals surface area contributed by atoms with Gasteiger partial charge in [0.1, 0.15) is 13.2 Å². The smallest absolute Gasteiger partial charge is 0.306 e. The SMILES string of the molecule is CC/C=C\C/C=C\C/C=C\C/C=C\C/C=C\C/C=C\C/C=C\CCCCCC(=O)OCC(COC(=O)CCCCCCCCCCCCCCCC)OC(=O)CCCCCCCCCCCCCCCCCCCC. The van der Waals surface area contributed by atoms with Crippen LogP contribution in [0.15, 0.2) is 85.1 Å². The predicted octanol–water partition coefficient (Wildman–Crippen LogP) is 21.9. The maximum Gasteiger partial charge on any atom is 0.306 e. The Bertz CT molecular complexity index is 1430. The van der Waals surface area contributed by atoms with Crippen molar-refractivity contribution in [3.8, 4) is 0 Å². The van der Waals surface area contributed by atoms with Crippen LogP contribution < -0.4 is 0 Å². The Morgan fingerprint density at radius 1 is 0.280 bits per heavy atom. The van der Waals surface area contributed by atoms with E-state index < -0.39 is 6.10 Å². The highest BCUT2D eigenvalue weighted by Crippen LogP contribution is 2.17. The lowest BCUT2D eigenvalue weighted by atomic mass is 10.0. The molecule has 0 amide bonds. The molecule has 0 spiro atoms. The fourth-order valence-electron chi connectivity index (χ4n) is 9.13. The average molecular weight is 1050 g/mol. The number of rotatable bonds is 58. The van der Waals surface area contributed by atoms with Gasteiger partial charge in [0.05, 0.1) is 0 Å². The van der Waals surface area contributed by atoms with Crippen LogP contribution in [0.3, 0.4) is 0 Å². The molecule has 0 aliphatic heterocycles. The van der Waals surface area contributed by atoms with Gasteiger partial charge in [0, 0.05) is 19.3 Å². The summed E-state index contributed by atoms with van der Waals surface area (Å²) < 4.78 is 16.9. The van der Waals surface area contributed by atoms with E-state index >= 15 is 0 Å². The van der Waals surface area contributed by atoms with Crippen molar-refractivity contribution < 1.29 is 28.6 Å². The van der Waals surface area contributed by atoms with Gasteiger partial charge in [-0.25, -0.2) is 0 Å². The van der Waals surface area contributed by atoms with Crippen molar-refractivity contribution in [2.45, 2.75) is 322 Å². The van der Waals surface area contributed by atoms with Gasteiger partial charge in [-0.1, -0.05) is 305 Å². The average Bonchev–Trinajstić information content (AvgIpc) is 3.41. The first-order chi connectivity index (χ1) is 37.0. The summed E-state index contributed by atoms with van der Waals surface area (Å²) in [6, 6.07) is 0. The van der Waals surface area contributed by atoms with Gasteiger partial charge in [-0.2, -0.15) is 0 Å². The maximum atomic E-state index is 12.9. The second-order valence-corrected chi connectivity index (χ2v) is 21.3. The van der Waals surface area contributed by atoms with E-state index in [1.807, 2.05) is 0 Å². The topological polar surface area (TPSA) is 78.9 Å². The Balaban J connectivity index is 4.40. The Morgan fingerprint density at radius 3 is 0.813 bits per heavy atom. The molecule has 0 heterocycles. The van der Waals surface area contributed by atoms with Gasteiger partial charge in [-0.15, -0.1) is 0 Å². The van der Waals surface area contributed by atoms with Crippen LogP contribution in [0.1, 0.15) is 316 Å². The lowest BCUT2D eigenvalue weighted by molar-refractivity contribution is -0.167. The fourth-order valence-corrected chi connectivity index (χ4v) is 9.13. The van der Waals surface area contributed by atoms with Crippen molar-refractivity contribution in [2.24, 2.45) is 0 Å². The molecular formula is C69H120O6. The van der Waals surface area contributed by atoms with Crippen molar-refractivity contribution >= 4 is 17.9 Å². The summed E-state index contributed by atoms with van der Waals surface area (Å²) in [4.78, 5) is 38.3. The highest BCUT2D eigenvalue weighted by molar-refractivity contribution is 5.71. The number of carbonyl (C=O) groups is 3. The third-order valence-electron chi connectivity index (χ3n) is 13.9. The maximum absolute atomic E-state index is 12.9. The van der Waals surface area contributed by atoms with Crippen LogP contribution in [0.25, 0.3) is 0 Å². The summed E-state index contributed by atoms with van der Waals surface area (Å²) in [5.74, 6) is -0.901. The number of allylic oxidation sites excluding steroid dienone is 14. The second kappa shape index (κ2) is 63.1. The molecule has 0 fully saturated rings. The molecule has 0 aromatic rings. The van der Waals surface area contributed by atoms with Gasteiger partial charge in [0.2, 0.25) is 0 Å². The van der Waals surface area contributed by atoms with E-state index in [1.54, 1.807) is 0 Å². The minimum Gasteiger partial charge on any atom is -0.462 e. The molecule has 0 N–H and O–H groups in total. The van der Waals surface area contributed by atoms with E-state index in [9.17, 15) is 14.4 Å². The van der Waals surface area contributed by atoms with E-state index in [2.05, 4.69) is 106 Å². The van der Waals surface area contributed by atoms with Crippen LogP contribution in [-0.2, 0) is 28.6 Å². The number of hydrogen-bond donors (Lipinski definition) is 0. The van der Waals surface area contributed by atoms with Crippen LogP contribution in [-0.4, -0.2) is 37.2 Å². The molecular weight excluding hydrogens is 925 g/mol. The number of esters is 3. The van der Waals surface area contributed by atoms with E-state index in [0.29, 0.717) is 19.3 Å². The number of unbranched alkanes of at least 4 members (excludes halogenated alkanes) is 33. The van der Waals surface area contributed by atoms with Gasteiger partial charge in [0.15, 0.2) is 6.10 Å². The van der Waals surface area contributed by atoms with Crippen LogP contribution >= 0.6 is 0 Å². The highest BCUT2D eigenvalue weighted by atomic mass is 16.6. The molecule has 0 aliphatic carbocycles. The Morgan fingerprint density at radius 2 is 0.520 bits per heavy atom. The molecule has 0 rings (SSSR count). The molecule has 6 heteroatoms. The van der Waals surface area contributed by atoms with Crippen molar-refractivity contribution in [3.05, 3.63) is 85.1 Å². The third kappa shape index (κ3) is 61.3. The zero-order valence-electron chi connectivity index (χ0n) is 49.6. The largest absolute Gasteiger partial charge is 0.462 e. The third-order valence-corrected chi connectivity index (χ3v) is 13.9. The minimum atomic E-state index is -0.788. The quantitative estimate of drug-likeness (QED) is 0.0261. The minimum absolute atomic E-state index is 0.0829. The lowest BCUT2D eigenvalue weighted by Crippen LogP contribution is -2.30. The fraction of sp³-hybridized carbons (Fsp3) is 0.754. The van der Waals surface area contributed by atoms with Crippen LogP contribution in [0.5, 0.6) is 0 Å². The van der Waals surface area contributed by atoms with Gasteiger partial charge in [-0.05, 0) is 77.0 Å². The molecule has 6 nitrogen and oxygen atoms in total. The zero-order chi connectivity index (χ0) is 54.3. The molecule has 1 atom stereocenters. The summed E-state index contributed by atoms with van der Waals surface area (Å²) in [6.07, 6.45) is 83.0. The first-order valence-corrected chi connectivity index (χ1v) is 32.1. The Kier molecular flexibility index (Phi) is 60.3. The molecule has 0 radical (unpaired) electrons. The summed E-state index contributed by atoms with van der Waals surface area (Å²) in [5, 5.41) is 0. The van der Waals surface area contributed by atoms with E-state index in [4.69, 9.17) is 14.2 Å². The molecule has 0 aliphatic rings. The van der Waals surface area contributed by atoms with Gasteiger partial charge in [0.25, 0.3) is 0 Å². The first-order valence-electron chi connectivity index (χ1n) is 32.1. The van der Waals surface area contributed by atoms with Crippen LogP contribution in [0, 0.1) is 0 Å². The summed E-state index contributed by atoms with van der Waals surface area (Å²) in [6.45, 7) is 6.54. The second-order valence-electron chi connectivity index (χ2n) is 21.3. The molecule has 0 bridgehead atoms.